The maximum Gasteiger partial charge on any atom is 0.420 e. The summed E-state index contributed by atoms with van der Waals surface area (Å²) in [6, 6.07) is 1.05. The van der Waals surface area contributed by atoms with E-state index in [0.29, 0.717) is 12.1 Å². The summed E-state index contributed by atoms with van der Waals surface area (Å²) in [5, 5.41) is -0.381. The van der Waals surface area contributed by atoms with E-state index < -0.39 is 24.1 Å². The second-order valence-corrected chi connectivity index (χ2v) is 3.15. The minimum Gasteiger partial charge on any atom is -0.434 e. The fourth-order valence-electron chi connectivity index (χ4n) is 0.984. The maximum absolute atomic E-state index is 12.4. The number of ether oxygens (including phenoxy) is 1. The molecule has 1 rings (SSSR count). The molecule has 0 bridgehead atoms. The zero-order chi connectivity index (χ0) is 12.5. The summed E-state index contributed by atoms with van der Waals surface area (Å²) in [6.07, 6.45) is -4.85. The first-order chi connectivity index (χ1) is 7.21. The Labute approximate surface area is 91.7 Å². The summed E-state index contributed by atoms with van der Waals surface area (Å²) in [5.74, 6) is -1.05. The van der Waals surface area contributed by atoms with Crippen molar-refractivity contribution in [2.24, 2.45) is 0 Å². The number of hydrogen-bond acceptors (Lipinski definition) is 2. The van der Waals surface area contributed by atoms with Crippen LogP contribution >= 0.6 is 11.6 Å². The van der Waals surface area contributed by atoms with E-state index >= 15 is 0 Å². The first-order valence-electron chi connectivity index (χ1n) is 3.83. The fraction of sp³-hybridized carbons (Fsp3) is 0.250. The Kier molecular flexibility index (Phi) is 3.47. The lowest BCUT2D eigenvalue weighted by Crippen LogP contribution is -2.12. The molecule has 2 N–H and O–H groups in total. The summed E-state index contributed by atoms with van der Waals surface area (Å²) in [7, 11) is 0. The molecule has 0 heterocycles. The van der Waals surface area contributed by atoms with Gasteiger partial charge in [0.15, 0.2) is 0 Å². The SMILES string of the molecule is Nc1cc(OC(F)F)c(C(F)(F)F)cc1Cl. The van der Waals surface area contributed by atoms with Crippen LogP contribution in [0.4, 0.5) is 27.6 Å². The molecule has 0 atom stereocenters. The highest BCUT2D eigenvalue weighted by Crippen LogP contribution is 2.40. The van der Waals surface area contributed by atoms with Gasteiger partial charge in [-0.25, -0.2) is 0 Å². The lowest BCUT2D eigenvalue weighted by atomic mass is 10.1. The number of hydrogen-bond donors (Lipinski definition) is 1. The average Bonchev–Trinajstić information content (AvgIpc) is 2.08. The van der Waals surface area contributed by atoms with Crippen LogP contribution < -0.4 is 10.5 Å². The Morgan fingerprint density at radius 2 is 1.81 bits per heavy atom. The number of halogens is 6. The third kappa shape index (κ3) is 2.88. The van der Waals surface area contributed by atoms with E-state index in [1.54, 1.807) is 0 Å². The van der Waals surface area contributed by atoms with Crippen molar-refractivity contribution in [1.82, 2.24) is 0 Å². The van der Waals surface area contributed by atoms with Gasteiger partial charge in [0.25, 0.3) is 0 Å². The molecule has 2 nitrogen and oxygen atoms in total. The Balaban J connectivity index is 3.28. The van der Waals surface area contributed by atoms with E-state index in [1.165, 1.54) is 0 Å². The fourth-order valence-corrected chi connectivity index (χ4v) is 1.15. The number of alkyl halides is 5. The van der Waals surface area contributed by atoms with Gasteiger partial charge in [0.2, 0.25) is 0 Å². The highest BCUT2D eigenvalue weighted by Gasteiger charge is 2.35. The Morgan fingerprint density at radius 3 is 2.25 bits per heavy atom. The molecule has 0 saturated carbocycles. The van der Waals surface area contributed by atoms with E-state index in [-0.39, 0.29) is 10.7 Å². The predicted octanol–water partition coefficient (Wildman–Crippen LogP) is 3.54. The average molecular weight is 262 g/mol. The maximum atomic E-state index is 12.4. The summed E-state index contributed by atoms with van der Waals surface area (Å²) < 4.78 is 64.6. The summed E-state index contributed by atoms with van der Waals surface area (Å²) in [4.78, 5) is 0. The van der Waals surface area contributed by atoms with Crippen LogP contribution in [0.2, 0.25) is 5.02 Å². The number of nitrogens with two attached hydrogens (primary N) is 1. The van der Waals surface area contributed by atoms with Crippen molar-refractivity contribution in [1.29, 1.82) is 0 Å². The molecule has 1 aromatic carbocycles. The molecule has 0 saturated heterocycles. The molecule has 0 aliphatic heterocycles. The summed E-state index contributed by atoms with van der Waals surface area (Å²) in [6.45, 7) is -3.37. The highest BCUT2D eigenvalue weighted by molar-refractivity contribution is 6.33. The molecule has 1 aromatic rings. The molecule has 0 radical (unpaired) electrons. The number of benzene rings is 1. The topological polar surface area (TPSA) is 35.2 Å². The van der Waals surface area contributed by atoms with Crippen molar-refractivity contribution in [2.45, 2.75) is 12.8 Å². The van der Waals surface area contributed by atoms with Crippen LogP contribution in [0.25, 0.3) is 0 Å². The number of anilines is 1. The van der Waals surface area contributed by atoms with E-state index in [2.05, 4.69) is 4.74 Å². The van der Waals surface area contributed by atoms with Crippen LogP contribution in [0.5, 0.6) is 5.75 Å². The second-order valence-electron chi connectivity index (χ2n) is 2.75. The lowest BCUT2D eigenvalue weighted by Gasteiger charge is -2.14. The second kappa shape index (κ2) is 4.32. The van der Waals surface area contributed by atoms with Crippen LogP contribution in [0.3, 0.4) is 0 Å². The molecular weight excluding hydrogens is 257 g/mol. The third-order valence-corrected chi connectivity index (χ3v) is 1.95. The normalized spacial score (nSPS) is 11.9. The van der Waals surface area contributed by atoms with E-state index in [1.807, 2.05) is 0 Å². The molecule has 0 aromatic heterocycles. The molecule has 0 unspecified atom stereocenters. The molecule has 0 amide bonds. The van der Waals surface area contributed by atoms with Gasteiger partial charge in [0.05, 0.1) is 16.3 Å². The van der Waals surface area contributed by atoms with Gasteiger partial charge < -0.3 is 10.5 Å². The van der Waals surface area contributed by atoms with Crippen molar-refractivity contribution >= 4 is 17.3 Å². The Hall–Kier alpha value is -1.24. The standard InChI is InChI=1S/C8H5ClF5NO/c9-4-1-3(8(12,13)14)6(2-5(4)15)16-7(10)11/h1-2,7H,15H2. The summed E-state index contributed by atoms with van der Waals surface area (Å²) in [5.41, 5.74) is 3.52. The molecule has 90 valence electrons. The van der Waals surface area contributed by atoms with Crippen LogP contribution in [0.15, 0.2) is 12.1 Å². The molecule has 16 heavy (non-hydrogen) atoms. The predicted molar refractivity (Wildman–Crippen MR) is 47.5 cm³/mol. The van der Waals surface area contributed by atoms with Gasteiger partial charge >= 0.3 is 12.8 Å². The quantitative estimate of drug-likeness (QED) is 0.653. The van der Waals surface area contributed by atoms with Gasteiger partial charge in [-0.3, -0.25) is 0 Å². The first-order valence-corrected chi connectivity index (χ1v) is 4.20. The van der Waals surface area contributed by atoms with Crippen molar-refractivity contribution in [3.8, 4) is 5.75 Å². The van der Waals surface area contributed by atoms with Gasteiger partial charge in [-0.05, 0) is 6.07 Å². The number of nitrogen functional groups attached to an aromatic ring is 1. The van der Waals surface area contributed by atoms with Crippen LogP contribution in [-0.4, -0.2) is 6.61 Å². The van der Waals surface area contributed by atoms with Crippen molar-refractivity contribution < 1.29 is 26.7 Å². The molecule has 0 spiro atoms. The van der Waals surface area contributed by atoms with Gasteiger partial charge in [-0.15, -0.1) is 0 Å². The zero-order valence-electron chi connectivity index (χ0n) is 7.49. The summed E-state index contributed by atoms with van der Waals surface area (Å²) >= 11 is 5.36. The smallest absolute Gasteiger partial charge is 0.420 e. The Bertz CT molecular complexity index is 393. The van der Waals surface area contributed by atoms with E-state index in [4.69, 9.17) is 17.3 Å². The molecule has 8 heteroatoms. The number of rotatable bonds is 2. The Morgan fingerprint density at radius 1 is 1.25 bits per heavy atom. The van der Waals surface area contributed by atoms with Gasteiger partial charge in [-0.2, -0.15) is 22.0 Å². The van der Waals surface area contributed by atoms with E-state index in [9.17, 15) is 22.0 Å². The molecule has 0 aliphatic carbocycles. The lowest BCUT2D eigenvalue weighted by molar-refractivity contribution is -0.141. The van der Waals surface area contributed by atoms with Gasteiger partial charge in [0.1, 0.15) is 5.75 Å². The van der Waals surface area contributed by atoms with Crippen molar-refractivity contribution in [2.75, 3.05) is 5.73 Å². The van der Waals surface area contributed by atoms with Crippen LogP contribution in [0.1, 0.15) is 5.56 Å². The minimum atomic E-state index is -4.85. The minimum absolute atomic E-state index is 0.273. The van der Waals surface area contributed by atoms with Crippen LogP contribution in [0, 0.1) is 0 Å². The molecule has 0 fully saturated rings. The van der Waals surface area contributed by atoms with Gasteiger partial charge in [0, 0.05) is 6.07 Å². The van der Waals surface area contributed by atoms with Crippen LogP contribution in [-0.2, 0) is 6.18 Å². The highest BCUT2D eigenvalue weighted by atomic mass is 35.5. The largest absolute Gasteiger partial charge is 0.434 e. The first kappa shape index (κ1) is 12.8. The molecule has 0 aliphatic rings. The third-order valence-electron chi connectivity index (χ3n) is 1.62. The monoisotopic (exact) mass is 261 g/mol. The van der Waals surface area contributed by atoms with Crippen molar-refractivity contribution in [3.63, 3.8) is 0 Å². The van der Waals surface area contributed by atoms with Gasteiger partial charge in [-0.1, -0.05) is 11.6 Å². The van der Waals surface area contributed by atoms with Crippen molar-refractivity contribution in [3.05, 3.63) is 22.7 Å². The molecular formula is C8H5ClF5NO. The van der Waals surface area contributed by atoms with E-state index in [0.717, 1.165) is 0 Å². The zero-order valence-corrected chi connectivity index (χ0v) is 8.24.